The number of ether oxygens (including phenoxy) is 1. The molecule has 0 saturated carbocycles. The average Bonchev–Trinajstić information content (AvgIpc) is 2.42. The minimum absolute atomic E-state index is 0.0726. The summed E-state index contributed by atoms with van der Waals surface area (Å²) < 4.78 is 33.8. The molecular weight excluding hydrogens is 424 g/mol. The van der Waals surface area contributed by atoms with Crippen LogP contribution in [0.3, 0.4) is 0 Å². The second-order valence-electron chi connectivity index (χ2n) is 4.13. The first-order chi connectivity index (χ1) is 9.83. The van der Waals surface area contributed by atoms with Gasteiger partial charge in [0.05, 0.1) is 23.4 Å². The van der Waals surface area contributed by atoms with Gasteiger partial charge in [-0.15, -0.1) is 0 Å². The van der Waals surface area contributed by atoms with Crippen LogP contribution in [0.1, 0.15) is 0 Å². The highest BCUT2D eigenvalue weighted by atomic mass is 79.9. The zero-order valence-corrected chi connectivity index (χ0v) is 14.9. The molecule has 112 valence electrons. The highest BCUT2D eigenvalue weighted by molar-refractivity contribution is 9.11. The maximum absolute atomic E-state index is 12.4. The molecule has 0 bridgehead atoms. The average molecular weight is 436 g/mol. The molecule has 5 nitrogen and oxygen atoms in total. The molecule has 21 heavy (non-hydrogen) atoms. The Balaban J connectivity index is 2.38. The van der Waals surface area contributed by atoms with Crippen molar-refractivity contribution in [3.05, 3.63) is 45.3 Å². The number of hydrogen-bond donors (Lipinski definition) is 2. The van der Waals surface area contributed by atoms with E-state index in [4.69, 9.17) is 10.5 Å². The summed E-state index contributed by atoms with van der Waals surface area (Å²) in [6.07, 6.45) is 0. The van der Waals surface area contributed by atoms with Gasteiger partial charge in [-0.1, -0.05) is 15.9 Å². The summed E-state index contributed by atoms with van der Waals surface area (Å²) >= 11 is 6.62. The summed E-state index contributed by atoms with van der Waals surface area (Å²) in [4.78, 5) is 0.0726. The minimum Gasteiger partial charge on any atom is -0.495 e. The van der Waals surface area contributed by atoms with Crippen LogP contribution >= 0.6 is 31.9 Å². The van der Waals surface area contributed by atoms with Gasteiger partial charge in [-0.3, -0.25) is 4.72 Å². The Labute approximate surface area is 139 Å². The van der Waals surface area contributed by atoms with E-state index in [0.717, 1.165) is 4.47 Å². The van der Waals surface area contributed by atoms with Crippen molar-refractivity contribution in [2.45, 2.75) is 4.90 Å². The highest BCUT2D eigenvalue weighted by Crippen LogP contribution is 2.30. The van der Waals surface area contributed by atoms with Crippen molar-refractivity contribution in [2.24, 2.45) is 0 Å². The zero-order chi connectivity index (χ0) is 15.6. The fraction of sp³-hybridized carbons (Fsp3) is 0.0769. The quantitative estimate of drug-likeness (QED) is 0.718. The second kappa shape index (κ2) is 6.25. The predicted octanol–water partition coefficient (Wildman–Crippen LogP) is 3.60. The molecule has 0 fully saturated rings. The Morgan fingerprint density at radius 3 is 2.48 bits per heavy atom. The van der Waals surface area contributed by atoms with Crippen LogP contribution in [0.25, 0.3) is 0 Å². The van der Waals surface area contributed by atoms with Gasteiger partial charge < -0.3 is 10.5 Å². The van der Waals surface area contributed by atoms with E-state index in [1.807, 2.05) is 0 Å². The normalized spacial score (nSPS) is 11.2. The molecule has 0 amide bonds. The van der Waals surface area contributed by atoms with Crippen molar-refractivity contribution in [3.8, 4) is 5.75 Å². The standard InChI is InChI=1S/C13H12Br2N2O3S/c1-20-13-7-9(3-4-11(13)16)21(18,19)17-12-5-2-8(14)6-10(12)15/h2-7,17H,16H2,1H3. The molecule has 0 unspecified atom stereocenters. The van der Waals surface area contributed by atoms with Crippen LogP contribution in [-0.4, -0.2) is 15.5 Å². The molecule has 0 aliphatic carbocycles. The maximum atomic E-state index is 12.4. The Bertz CT molecular complexity index is 779. The molecule has 2 rings (SSSR count). The maximum Gasteiger partial charge on any atom is 0.262 e. The number of sulfonamides is 1. The Kier molecular flexibility index (Phi) is 4.80. The summed E-state index contributed by atoms with van der Waals surface area (Å²) in [5.41, 5.74) is 6.50. The number of hydrogen-bond acceptors (Lipinski definition) is 4. The molecule has 0 aromatic heterocycles. The zero-order valence-electron chi connectivity index (χ0n) is 10.9. The van der Waals surface area contributed by atoms with Crippen LogP contribution < -0.4 is 15.2 Å². The van der Waals surface area contributed by atoms with Crippen LogP contribution in [0.15, 0.2) is 50.2 Å². The van der Waals surface area contributed by atoms with Crippen LogP contribution in [-0.2, 0) is 10.0 Å². The number of halogens is 2. The molecule has 0 spiro atoms. The van der Waals surface area contributed by atoms with Gasteiger partial charge >= 0.3 is 0 Å². The van der Waals surface area contributed by atoms with Gasteiger partial charge in [0.25, 0.3) is 10.0 Å². The topological polar surface area (TPSA) is 81.4 Å². The molecule has 8 heteroatoms. The van der Waals surface area contributed by atoms with E-state index >= 15 is 0 Å². The van der Waals surface area contributed by atoms with Crippen molar-refractivity contribution >= 4 is 53.3 Å². The van der Waals surface area contributed by atoms with Crippen LogP contribution in [0, 0.1) is 0 Å². The largest absolute Gasteiger partial charge is 0.495 e. The van der Waals surface area contributed by atoms with E-state index in [1.54, 1.807) is 18.2 Å². The van der Waals surface area contributed by atoms with Gasteiger partial charge in [0, 0.05) is 15.0 Å². The fourth-order valence-electron chi connectivity index (χ4n) is 1.63. The molecule has 0 aliphatic heterocycles. The van der Waals surface area contributed by atoms with E-state index in [9.17, 15) is 8.42 Å². The van der Waals surface area contributed by atoms with E-state index in [0.29, 0.717) is 21.6 Å². The number of methoxy groups -OCH3 is 1. The third kappa shape index (κ3) is 3.69. The number of nitrogen functional groups attached to an aromatic ring is 1. The molecule has 0 radical (unpaired) electrons. The summed E-state index contributed by atoms with van der Waals surface area (Å²) in [7, 11) is -2.30. The SMILES string of the molecule is COc1cc(S(=O)(=O)Nc2ccc(Br)cc2Br)ccc1N. The second-order valence-corrected chi connectivity index (χ2v) is 7.59. The molecule has 0 atom stereocenters. The van der Waals surface area contributed by atoms with Gasteiger partial charge in [0.15, 0.2) is 0 Å². The molecule has 2 aromatic rings. The van der Waals surface area contributed by atoms with Crippen LogP contribution in [0.5, 0.6) is 5.75 Å². The van der Waals surface area contributed by atoms with Gasteiger partial charge in [0.1, 0.15) is 5.75 Å². The van der Waals surface area contributed by atoms with E-state index < -0.39 is 10.0 Å². The monoisotopic (exact) mass is 434 g/mol. The molecule has 0 saturated heterocycles. The Morgan fingerprint density at radius 1 is 1.14 bits per heavy atom. The van der Waals surface area contributed by atoms with Crippen LogP contribution in [0.2, 0.25) is 0 Å². The van der Waals surface area contributed by atoms with Crippen molar-refractivity contribution in [3.63, 3.8) is 0 Å². The predicted molar refractivity (Wildman–Crippen MR) is 90.1 cm³/mol. The highest BCUT2D eigenvalue weighted by Gasteiger charge is 2.17. The van der Waals surface area contributed by atoms with E-state index in [-0.39, 0.29) is 4.90 Å². The number of nitrogens with one attached hydrogen (secondary N) is 1. The fourth-order valence-corrected chi connectivity index (χ4v) is 4.01. The molecule has 3 N–H and O–H groups in total. The first kappa shape index (κ1) is 16.1. The lowest BCUT2D eigenvalue weighted by Gasteiger charge is -2.12. The van der Waals surface area contributed by atoms with Gasteiger partial charge in [0.2, 0.25) is 0 Å². The Hall–Kier alpha value is -1.25. The third-order valence-electron chi connectivity index (χ3n) is 2.69. The van der Waals surface area contributed by atoms with E-state index in [2.05, 4.69) is 36.6 Å². The lowest BCUT2D eigenvalue weighted by molar-refractivity contribution is 0.415. The smallest absolute Gasteiger partial charge is 0.262 e. The summed E-state index contributed by atoms with van der Waals surface area (Å²) in [5, 5.41) is 0. The minimum atomic E-state index is -3.73. The number of anilines is 2. The van der Waals surface area contributed by atoms with Crippen LogP contribution in [0.4, 0.5) is 11.4 Å². The number of benzene rings is 2. The number of rotatable bonds is 4. The van der Waals surface area contributed by atoms with Gasteiger partial charge in [-0.2, -0.15) is 0 Å². The third-order valence-corrected chi connectivity index (χ3v) is 5.20. The molecule has 2 aromatic carbocycles. The molecule has 0 heterocycles. The van der Waals surface area contributed by atoms with Crippen molar-refractivity contribution in [1.29, 1.82) is 0 Å². The lowest BCUT2D eigenvalue weighted by Crippen LogP contribution is -2.13. The number of nitrogens with two attached hydrogens (primary N) is 1. The summed E-state index contributed by atoms with van der Waals surface area (Å²) in [6.45, 7) is 0. The first-order valence-corrected chi connectivity index (χ1v) is 8.82. The van der Waals surface area contributed by atoms with Gasteiger partial charge in [-0.25, -0.2) is 8.42 Å². The first-order valence-electron chi connectivity index (χ1n) is 5.75. The lowest BCUT2D eigenvalue weighted by atomic mass is 10.3. The van der Waals surface area contributed by atoms with Crippen molar-refractivity contribution in [1.82, 2.24) is 0 Å². The van der Waals surface area contributed by atoms with Gasteiger partial charge in [-0.05, 0) is 46.3 Å². The van der Waals surface area contributed by atoms with Crippen molar-refractivity contribution < 1.29 is 13.2 Å². The summed E-state index contributed by atoms with van der Waals surface area (Å²) in [6, 6.07) is 9.44. The van der Waals surface area contributed by atoms with E-state index in [1.165, 1.54) is 25.3 Å². The summed E-state index contributed by atoms with van der Waals surface area (Å²) in [5.74, 6) is 0.313. The molecule has 0 aliphatic rings. The Morgan fingerprint density at radius 2 is 1.86 bits per heavy atom. The van der Waals surface area contributed by atoms with Crippen molar-refractivity contribution in [2.75, 3.05) is 17.6 Å². The molecular formula is C13H12Br2N2O3S.